The molecule has 96 heavy (non-hydrogen) atoms. The molecule has 24 nitrogen and oxygen atoms in total. The van der Waals surface area contributed by atoms with E-state index in [4.69, 9.17) is 82.3 Å². The van der Waals surface area contributed by atoms with Crippen LogP contribution in [0.4, 0.5) is 0 Å². The Labute approximate surface area is 589 Å². The van der Waals surface area contributed by atoms with Gasteiger partial charge in [-0.05, 0) is 194 Å². The quantitative estimate of drug-likeness (QED) is 0.0145. The fraction of sp³-hybridized carbons (Fsp3) is 0.810. The lowest BCUT2D eigenvalue weighted by Crippen LogP contribution is -2.60. The number of esters is 4. The molecular formula is C63H134O24Si9. The normalized spacial score (nSPS) is 14.3. The smallest absolute Gasteiger partial charge is 0.462 e. The molecule has 0 aromatic carbocycles. The second-order valence-corrected chi connectivity index (χ2v) is 65.2. The Kier molecular flexibility index (Phi) is 54.3. The first-order valence-corrected chi connectivity index (χ1v) is 60.2. The number of hydrogen-bond donors (Lipinski definition) is 4. The number of aliphatic hydroxyl groups is 4. The number of methoxy groups -OCH3 is 1. The summed E-state index contributed by atoms with van der Waals surface area (Å²) in [4.78, 5) is 45.4. The highest BCUT2D eigenvalue weighted by molar-refractivity contribution is 6.90. The summed E-state index contributed by atoms with van der Waals surface area (Å²) in [5, 5.41) is 37.1. The predicted molar refractivity (Wildman–Crippen MR) is 401 cm³/mol. The Morgan fingerprint density at radius 1 is 0.448 bits per heavy atom. The van der Waals surface area contributed by atoms with Crippen molar-refractivity contribution in [2.75, 3.05) is 113 Å². The monoisotopic (exact) mass is 1530 g/mol. The minimum absolute atomic E-state index is 0.0413. The van der Waals surface area contributed by atoms with E-state index in [2.05, 4.69) is 138 Å². The van der Waals surface area contributed by atoms with E-state index in [0.29, 0.717) is 76.5 Å². The van der Waals surface area contributed by atoms with Crippen molar-refractivity contribution in [3.05, 3.63) is 49.6 Å². The summed E-state index contributed by atoms with van der Waals surface area (Å²) >= 11 is 0. The fourth-order valence-corrected chi connectivity index (χ4v) is 45.6. The van der Waals surface area contributed by atoms with Gasteiger partial charge in [-0.15, -0.1) is 0 Å². The van der Waals surface area contributed by atoms with Crippen molar-refractivity contribution < 1.29 is 112 Å². The van der Waals surface area contributed by atoms with E-state index in [1.807, 2.05) is 0 Å². The average Bonchev–Trinajstić information content (AvgIpc) is 0.881. The van der Waals surface area contributed by atoms with Crippen LogP contribution < -0.4 is 0 Å². The first-order valence-electron chi connectivity index (χ1n) is 33.8. The van der Waals surface area contributed by atoms with Crippen LogP contribution in [0.25, 0.3) is 0 Å². The van der Waals surface area contributed by atoms with Gasteiger partial charge < -0.3 is 92.5 Å². The molecule has 0 heterocycles. The number of ether oxygens (including phenoxy) is 10. The van der Waals surface area contributed by atoms with Gasteiger partial charge in [0.15, 0.2) is 58.9 Å². The van der Waals surface area contributed by atoms with Crippen LogP contribution in [-0.2, 0) is 91.2 Å². The highest BCUT2D eigenvalue weighted by Crippen LogP contribution is 2.31. The molecule has 0 bridgehead atoms. The molecule has 0 aliphatic carbocycles. The minimum atomic E-state index is -2.85. The van der Waals surface area contributed by atoms with E-state index in [1.165, 1.54) is 0 Å². The Bertz CT molecular complexity index is 2060. The van der Waals surface area contributed by atoms with Gasteiger partial charge in [0.25, 0.3) is 0 Å². The van der Waals surface area contributed by atoms with Gasteiger partial charge in [0.05, 0.1) is 59.5 Å². The SMILES string of the molecule is C=C(C)C(=O)OC(COC)COCCC[Si](O[Si](C)(C)C)(O[Si](C)(C)C)O[Si](C)(C)C.C=C(C)C(=O)OCCC[Si](C)(O[SiH](C)CCCOCCO)O[Si](C)(C)CCCOCCO.C=CC(=O)OCC(O)COCCC[Si](C)(C)O[Si](C)(C)CCCOCC(O)COC(=O)C=C. The number of hydrogen-bond acceptors (Lipinski definition) is 24. The van der Waals surface area contributed by atoms with Crippen LogP contribution in [-0.4, -0.2) is 252 Å². The highest BCUT2D eigenvalue weighted by Gasteiger charge is 2.50. The summed E-state index contributed by atoms with van der Waals surface area (Å²) in [7, 11) is -16.5. The fourth-order valence-electron chi connectivity index (χ4n) is 9.18. The number of carbonyl (C=O) groups is 4. The van der Waals surface area contributed by atoms with Gasteiger partial charge in [-0.25, -0.2) is 19.2 Å². The molecule has 0 amide bonds. The molecule has 33 heteroatoms. The molecule has 0 rings (SSSR count). The van der Waals surface area contributed by atoms with Crippen LogP contribution in [0.15, 0.2) is 49.6 Å². The third kappa shape index (κ3) is 60.9. The van der Waals surface area contributed by atoms with Crippen molar-refractivity contribution in [1.82, 2.24) is 0 Å². The second kappa shape index (κ2) is 53.0. The Balaban J connectivity index is -0.00000135. The molecule has 0 aromatic rings. The van der Waals surface area contributed by atoms with E-state index in [-0.39, 0.29) is 58.8 Å². The lowest BCUT2D eigenvalue weighted by Gasteiger charge is -2.42. The summed E-state index contributed by atoms with van der Waals surface area (Å²) in [6.07, 6.45) is 4.86. The van der Waals surface area contributed by atoms with Crippen molar-refractivity contribution in [2.45, 2.75) is 218 Å². The first kappa shape index (κ1) is 98.3. The Morgan fingerprint density at radius 2 is 0.823 bits per heavy atom. The molecule has 0 radical (unpaired) electrons. The maximum Gasteiger partial charge on any atom is 0.469 e. The third-order valence-corrected chi connectivity index (χ3v) is 43.8. The van der Waals surface area contributed by atoms with Gasteiger partial charge in [0, 0.05) is 69.5 Å². The predicted octanol–water partition coefficient (Wildman–Crippen LogP) is 10.4. The third-order valence-electron chi connectivity index (χ3n) is 12.7. The molecular weight excluding hydrogens is 1390 g/mol. The molecule has 5 atom stereocenters. The molecule has 0 aromatic heterocycles. The van der Waals surface area contributed by atoms with Crippen molar-refractivity contribution in [2.24, 2.45) is 0 Å². The van der Waals surface area contributed by atoms with E-state index < -0.39 is 113 Å². The van der Waals surface area contributed by atoms with Crippen LogP contribution in [0, 0.1) is 0 Å². The van der Waals surface area contributed by atoms with Crippen LogP contribution in [0.3, 0.4) is 0 Å². The van der Waals surface area contributed by atoms with Crippen LogP contribution in [0.5, 0.6) is 0 Å². The topological polar surface area (TPSA) is 297 Å². The van der Waals surface area contributed by atoms with Crippen LogP contribution in [0.1, 0.15) is 52.4 Å². The van der Waals surface area contributed by atoms with Gasteiger partial charge >= 0.3 is 41.2 Å². The number of rotatable bonds is 57. The average molecular weight is 1530 g/mol. The molecule has 0 fully saturated rings. The molecule has 0 aliphatic heterocycles. The van der Waals surface area contributed by atoms with E-state index >= 15 is 0 Å². The lowest BCUT2D eigenvalue weighted by molar-refractivity contribution is -0.150. The molecule has 0 saturated carbocycles. The van der Waals surface area contributed by atoms with Crippen molar-refractivity contribution in [3.63, 3.8) is 0 Å². The number of carbonyl (C=O) groups excluding carboxylic acids is 4. The van der Waals surface area contributed by atoms with Gasteiger partial charge in [-0.3, -0.25) is 0 Å². The molecule has 566 valence electrons. The largest absolute Gasteiger partial charge is 0.469 e. The molecule has 0 spiro atoms. The second-order valence-electron chi connectivity index (χ2n) is 28.6. The highest BCUT2D eigenvalue weighted by atomic mass is 28.5. The summed E-state index contributed by atoms with van der Waals surface area (Å²) < 4.78 is 92.8. The van der Waals surface area contributed by atoms with Crippen molar-refractivity contribution in [1.29, 1.82) is 0 Å². The van der Waals surface area contributed by atoms with E-state index in [0.717, 1.165) is 74.5 Å². The summed E-state index contributed by atoms with van der Waals surface area (Å²) in [6, 6.07) is 5.31. The maximum absolute atomic E-state index is 11.8. The zero-order valence-electron chi connectivity index (χ0n) is 63.0. The van der Waals surface area contributed by atoms with Crippen LogP contribution in [0.2, 0.25) is 148 Å². The summed E-state index contributed by atoms with van der Waals surface area (Å²) in [5.74, 6) is -1.94. The molecule has 0 aliphatic rings. The maximum atomic E-state index is 11.8. The van der Waals surface area contributed by atoms with Crippen LogP contribution >= 0.6 is 0 Å². The molecule has 5 unspecified atom stereocenters. The zero-order chi connectivity index (χ0) is 74.3. The standard InChI is InChI=1S/C22H42O9Si2.C21H46O8Si3.C20H46O7Si4/c1-7-21(25)29-17-19(23)15-27-11-9-13-32(3,4)31-33(5,6)14-10-12-28-16-20(24)18-30-22(26)8-2;1-20(2)21(24)27-14-9-19-32(6,28-30(3)17-7-12-25-15-10-22)29-31(4,5)18-8-13-26-16-11-23;1-18(2)20(21)24-19(16-22-3)17-23-14-13-15-31(25-28(4,5)6,26-29(7,8)9)27-30(10,11)12/h7-8,19-20,23-24H,1-2,9-18H2,3-6H3;22-23,30H,1,7-19H2,2-6H3;19H,1,13-17H2,2-12H3. The van der Waals surface area contributed by atoms with E-state index in [9.17, 15) is 29.4 Å². The summed E-state index contributed by atoms with van der Waals surface area (Å²) in [6.45, 7) is 58.7. The van der Waals surface area contributed by atoms with E-state index in [1.54, 1.807) is 21.0 Å². The van der Waals surface area contributed by atoms with Crippen molar-refractivity contribution in [3.8, 4) is 0 Å². The molecule has 4 N–H and O–H groups in total. The number of aliphatic hydroxyl groups excluding tert-OH is 4. The first-order chi connectivity index (χ1) is 44.3. The van der Waals surface area contributed by atoms with Gasteiger partial charge in [0.2, 0.25) is 0 Å². The zero-order valence-corrected chi connectivity index (χ0v) is 72.2. The summed E-state index contributed by atoms with van der Waals surface area (Å²) in [5.41, 5.74) is 0.756. The minimum Gasteiger partial charge on any atom is -0.462 e. The molecule has 0 saturated heterocycles. The Morgan fingerprint density at radius 3 is 1.21 bits per heavy atom. The van der Waals surface area contributed by atoms with Gasteiger partial charge in [-0.1, -0.05) is 26.3 Å². The van der Waals surface area contributed by atoms with Crippen molar-refractivity contribution >= 4 is 100 Å². The van der Waals surface area contributed by atoms with Gasteiger partial charge in [0.1, 0.15) is 31.5 Å². The van der Waals surface area contributed by atoms with Gasteiger partial charge in [-0.2, -0.15) is 0 Å². The Hall–Kier alpha value is -1.85. The lowest BCUT2D eigenvalue weighted by atomic mass is 10.3.